The highest BCUT2D eigenvalue weighted by Crippen LogP contribution is 2.08. The lowest BCUT2D eigenvalue weighted by atomic mass is 10.4. The van der Waals surface area contributed by atoms with E-state index in [-0.39, 0.29) is 0 Å². The molecule has 2 aromatic rings. The molecule has 16 heavy (non-hydrogen) atoms. The number of hydrogen-bond acceptors (Lipinski definition) is 5. The number of carbonyl (C=O) groups is 1. The normalized spacial score (nSPS) is 9.56. The van der Waals surface area contributed by atoms with Gasteiger partial charge in [0.1, 0.15) is 17.0 Å². The van der Waals surface area contributed by atoms with Gasteiger partial charge >= 0.3 is 0 Å². The molecule has 0 saturated carbocycles. The molecule has 1 N–H and O–H groups in total. The van der Waals surface area contributed by atoms with Crippen LogP contribution in [0.1, 0.15) is 21.4 Å². The molecule has 2 aromatic heterocycles. The number of aldehydes is 1. The summed E-state index contributed by atoms with van der Waals surface area (Å²) in [4.78, 5) is 10.3. The summed E-state index contributed by atoms with van der Waals surface area (Å²) in [6.45, 7) is 1.91. The Morgan fingerprint density at radius 1 is 1.50 bits per heavy atom. The number of aromatic amines is 1. The lowest BCUT2D eigenvalue weighted by molar-refractivity contribution is -0.107. The van der Waals surface area contributed by atoms with Crippen LogP contribution in [-0.2, 0) is 11.2 Å². The minimum absolute atomic E-state index is 0.293. The van der Waals surface area contributed by atoms with Crippen LogP contribution >= 0.6 is 11.3 Å². The second-order valence-electron chi connectivity index (χ2n) is 3.06. The summed E-state index contributed by atoms with van der Waals surface area (Å²) in [6.07, 6.45) is 1.09. The number of hydrogen-bond donors (Lipinski definition) is 1. The highest BCUT2D eigenvalue weighted by molar-refractivity contribution is 7.11. The zero-order chi connectivity index (χ0) is 11.4. The highest BCUT2D eigenvalue weighted by atomic mass is 32.1. The number of carbonyl (C=O) groups excluding carboxylic acids is 1. The first-order valence-corrected chi connectivity index (χ1v) is 5.39. The second-order valence-corrected chi connectivity index (χ2v) is 4.12. The molecular formula is C10H8N4OS. The van der Waals surface area contributed by atoms with Gasteiger partial charge in [-0.3, -0.25) is 5.10 Å². The Balaban J connectivity index is 2.14. The van der Waals surface area contributed by atoms with E-state index in [9.17, 15) is 4.79 Å². The minimum Gasteiger partial charge on any atom is -0.303 e. The first-order valence-electron chi connectivity index (χ1n) is 4.58. The van der Waals surface area contributed by atoms with Crippen molar-refractivity contribution in [1.29, 1.82) is 0 Å². The van der Waals surface area contributed by atoms with E-state index in [1.165, 1.54) is 11.3 Å². The molecule has 6 heteroatoms. The van der Waals surface area contributed by atoms with E-state index in [1.807, 2.05) is 13.0 Å². The van der Waals surface area contributed by atoms with Crippen molar-refractivity contribution in [1.82, 2.24) is 20.4 Å². The van der Waals surface area contributed by atoms with Gasteiger partial charge in [-0.2, -0.15) is 5.10 Å². The van der Waals surface area contributed by atoms with Gasteiger partial charge in [0.25, 0.3) is 0 Å². The maximum Gasteiger partial charge on any atom is 0.191 e. The van der Waals surface area contributed by atoms with E-state index in [0.717, 1.165) is 12.0 Å². The zero-order valence-electron chi connectivity index (χ0n) is 8.52. The van der Waals surface area contributed by atoms with Gasteiger partial charge in [0.05, 0.1) is 6.42 Å². The Morgan fingerprint density at radius 3 is 3.06 bits per heavy atom. The zero-order valence-corrected chi connectivity index (χ0v) is 9.34. The predicted octanol–water partition coefficient (Wildman–Crippen LogP) is 0.711. The summed E-state index contributed by atoms with van der Waals surface area (Å²) in [5.74, 6) is 5.71. The van der Waals surface area contributed by atoms with Crippen LogP contribution in [0.2, 0.25) is 0 Å². The molecule has 0 saturated heterocycles. The Kier molecular flexibility index (Phi) is 3.08. The van der Waals surface area contributed by atoms with Crippen molar-refractivity contribution in [3.8, 4) is 11.8 Å². The van der Waals surface area contributed by atoms with Crippen LogP contribution < -0.4 is 0 Å². The first-order chi connectivity index (χ1) is 7.78. The van der Waals surface area contributed by atoms with Crippen LogP contribution in [0.4, 0.5) is 0 Å². The van der Waals surface area contributed by atoms with Crippen molar-refractivity contribution in [3.05, 3.63) is 27.5 Å². The van der Waals surface area contributed by atoms with Crippen molar-refractivity contribution in [2.75, 3.05) is 0 Å². The molecule has 0 aliphatic carbocycles. The summed E-state index contributed by atoms with van der Waals surface area (Å²) in [6, 6.07) is 1.85. The molecule has 0 amide bonds. The van der Waals surface area contributed by atoms with E-state index in [0.29, 0.717) is 22.1 Å². The smallest absolute Gasteiger partial charge is 0.191 e. The maximum absolute atomic E-state index is 10.3. The Labute approximate surface area is 95.9 Å². The first kappa shape index (κ1) is 10.5. The molecular weight excluding hydrogens is 224 g/mol. The third kappa shape index (κ3) is 2.52. The lowest BCUT2D eigenvalue weighted by Crippen LogP contribution is -1.82. The molecule has 0 aromatic carbocycles. The Hall–Kier alpha value is -2.00. The standard InChI is InChI=1S/C10H8N4OS/c1-7-6-8(12-11-7)2-3-9-13-14-10(16-9)4-5-15/h5-6H,4H2,1H3,(H,11,12). The van der Waals surface area contributed by atoms with Gasteiger partial charge in [0.2, 0.25) is 0 Å². The van der Waals surface area contributed by atoms with Crippen LogP contribution in [0.25, 0.3) is 0 Å². The van der Waals surface area contributed by atoms with Gasteiger partial charge in [0.15, 0.2) is 5.01 Å². The van der Waals surface area contributed by atoms with Crippen molar-refractivity contribution < 1.29 is 4.79 Å². The molecule has 0 aliphatic heterocycles. The third-order valence-corrected chi connectivity index (χ3v) is 2.59. The van der Waals surface area contributed by atoms with Crippen LogP contribution in [0.3, 0.4) is 0 Å². The summed E-state index contributed by atoms with van der Waals surface area (Å²) >= 11 is 1.32. The van der Waals surface area contributed by atoms with Crippen molar-refractivity contribution in [2.24, 2.45) is 0 Å². The molecule has 0 radical (unpaired) electrons. The molecule has 80 valence electrons. The van der Waals surface area contributed by atoms with E-state index in [1.54, 1.807) is 0 Å². The van der Waals surface area contributed by atoms with Gasteiger partial charge in [0, 0.05) is 5.69 Å². The largest absolute Gasteiger partial charge is 0.303 e. The van der Waals surface area contributed by atoms with Gasteiger partial charge in [-0.05, 0) is 24.8 Å². The molecule has 0 unspecified atom stereocenters. The monoisotopic (exact) mass is 232 g/mol. The maximum atomic E-state index is 10.3. The average Bonchev–Trinajstić information content (AvgIpc) is 2.85. The minimum atomic E-state index is 0.293. The summed E-state index contributed by atoms with van der Waals surface area (Å²) < 4.78 is 0. The number of nitrogens with one attached hydrogen (secondary N) is 1. The molecule has 0 aliphatic rings. The summed E-state index contributed by atoms with van der Waals surface area (Å²) in [7, 11) is 0. The topological polar surface area (TPSA) is 71.5 Å². The highest BCUT2D eigenvalue weighted by Gasteiger charge is 2.00. The van der Waals surface area contributed by atoms with Gasteiger partial charge in [-0.15, -0.1) is 10.2 Å². The van der Waals surface area contributed by atoms with Crippen LogP contribution in [0.5, 0.6) is 0 Å². The van der Waals surface area contributed by atoms with Crippen LogP contribution in [-0.4, -0.2) is 26.7 Å². The fourth-order valence-electron chi connectivity index (χ4n) is 1.06. The van der Waals surface area contributed by atoms with E-state index < -0.39 is 0 Å². The molecule has 2 heterocycles. The van der Waals surface area contributed by atoms with Gasteiger partial charge in [-0.25, -0.2) is 0 Å². The fraction of sp³-hybridized carbons (Fsp3) is 0.200. The summed E-state index contributed by atoms with van der Waals surface area (Å²) in [5, 5.41) is 15.7. The number of aromatic nitrogens is 4. The molecule has 0 atom stereocenters. The number of rotatable bonds is 2. The van der Waals surface area contributed by atoms with E-state index in [4.69, 9.17) is 0 Å². The second kappa shape index (κ2) is 4.68. The van der Waals surface area contributed by atoms with E-state index in [2.05, 4.69) is 32.2 Å². The Morgan fingerprint density at radius 2 is 2.38 bits per heavy atom. The van der Waals surface area contributed by atoms with Crippen LogP contribution in [0.15, 0.2) is 6.07 Å². The molecule has 0 fully saturated rings. The lowest BCUT2D eigenvalue weighted by Gasteiger charge is -1.76. The van der Waals surface area contributed by atoms with Crippen molar-refractivity contribution in [3.63, 3.8) is 0 Å². The molecule has 5 nitrogen and oxygen atoms in total. The third-order valence-electron chi connectivity index (χ3n) is 1.73. The molecule has 2 rings (SSSR count). The van der Waals surface area contributed by atoms with Crippen molar-refractivity contribution >= 4 is 17.6 Å². The molecule has 0 spiro atoms. The SMILES string of the molecule is Cc1cc(C#Cc2nnc(CC=O)s2)n[nH]1. The average molecular weight is 232 g/mol. The Bertz CT molecular complexity index is 561. The predicted molar refractivity (Wildman–Crippen MR) is 59.0 cm³/mol. The fourth-order valence-corrected chi connectivity index (χ4v) is 1.70. The van der Waals surface area contributed by atoms with Gasteiger partial charge in [-0.1, -0.05) is 11.3 Å². The number of nitrogens with zero attached hydrogens (tertiary/aromatic N) is 3. The van der Waals surface area contributed by atoms with Crippen molar-refractivity contribution in [2.45, 2.75) is 13.3 Å². The van der Waals surface area contributed by atoms with Crippen LogP contribution in [0, 0.1) is 18.8 Å². The summed E-state index contributed by atoms with van der Waals surface area (Å²) in [5.41, 5.74) is 1.63. The van der Waals surface area contributed by atoms with E-state index >= 15 is 0 Å². The number of aryl methyl sites for hydroxylation is 1. The number of H-pyrrole nitrogens is 1. The van der Waals surface area contributed by atoms with Gasteiger partial charge < -0.3 is 4.79 Å². The quantitative estimate of drug-likeness (QED) is 0.611. The molecule has 0 bridgehead atoms.